The molecule has 2 atom stereocenters. The highest BCUT2D eigenvalue weighted by atomic mass is 16.3. The van der Waals surface area contributed by atoms with Crippen LogP contribution < -0.4 is 4.90 Å². The first kappa shape index (κ1) is 16.2. The zero-order chi connectivity index (χ0) is 15.5. The van der Waals surface area contributed by atoms with Crippen LogP contribution in [0.25, 0.3) is 0 Å². The van der Waals surface area contributed by atoms with Gasteiger partial charge in [-0.05, 0) is 30.9 Å². The van der Waals surface area contributed by atoms with E-state index in [1.54, 1.807) is 0 Å². The third kappa shape index (κ3) is 3.38. The van der Waals surface area contributed by atoms with Crippen molar-refractivity contribution in [3.63, 3.8) is 0 Å². The van der Waals surface area contributed by atoms with Gasteiger partial charge in [0.15, 0.2) is 0 Å². The summed E-state index contributed by atoms with van der Waals surface area (Å²) in [7, 11) is 0. The van der Waals surface area contributed by atoms with E-state index in [2.05, 4.69) is 25.7 Å². The molecule has 1 aromatic rings. The van der Waals surface area contributed by atoms with Crippen LogP contribution in [0, 0.1) is 5.41 Å². The fourth-order valence-electron chi connectivity index (χ4n) is 3.22. The van der Waals surface area contributed by atoms with Crippen LogP contribution in [0.15, 0.2) is 18.2 Å². The smallest absolute Gasteiger partial charge is 0.128 e. The van der Waals surface area contributed by atoms with Crippen LogP contribution in [0.1, 0.15) is 51.6 Å². The summed E-state index contributed by atoms with van der Waals surface area (Å²) in [6, 6.07) is 6.08. The van der Waals surface area contributed by atoms with Crippen molar-refractivity contribution in [1.29, 1.82) is 0 Å². The predicted octanol–water partition coefficient (Wildman–Crippen LogP) is 2.55. The van der Waals surface area contributed by atoms with E-state index in [-0.39, 0.29) is 12.0 Å². The first-order valence-electron chi connectivity index (χ1n) is 8.03. The maximum atomic E-state index is 10.5. The quantitative estimate of drug-likeness (QED) is 0.875. The van der Waals surface area contributed by atoms with Crippen molar-refractivity contribution < 1.29 is 10.2 Å². The van der Waals surface area contributed by atoms with E-state index in [0.717, 1.165) is 37.3 Å². The SMILES string of the molecule is CCC[C@]1(CO)CCN(c2cccc(C(C)C)n2)C[C@H]1O. The lowest BCUT2D eigenvalue weighted by Crippen LogP contribution is -2.53. The molecule has 4 nitrogen and oxygen atoms in total. The third-order valence-corrected chi connectivity index (χ3v) is 4.71. The molecule has 2 N–H and O–H groups in total. The van der Waals surface area contributed by atoms with E-state index < -0.39 is 6.10 Å². The highest BCUT2D eigenvalue weighted by Crippen LogP contribution is 2.37. The summed E-state index contributed by atoms with van der Waals surface area (Å²) in [5.41, 5.74) is 0.746. The van der Waals surface area contributed by atoms with E-state index in [1.165, 1.54) is 0 Å². The number of hydrogen-bond acceptors (Lipinski definition) is 4. The largest absolute Gasteiger partial charge is 0.396 e. The molecule has 1 saturated heterocycles. The van der Waals surface area contributed by atoms with Crippen LogP contribution in [0.3, 0.4) is 0 Å². The number of anilines is 1. The molecule has 0 radical (unpaired) electrons. The first-order chi connectivity index (χ1) is 10.0. The van der Waals surface area contributed by atoms with Gasteiger partial charge >= 0.3 is 0 Å². The Morgan fingerprint density at radius 2 is 2.19 bits per heavy atom. The molecule has 0 unspecified atom stereocenters. The number of aliphatic hydroxyl groups excluding tert-OH is 2. The zero-order valence-corrected chi connectivity index (χ0v) is 13.4. The van der Waals surface area contributed by atoms with Crippen molar-refractivity contribution in [2.45, 2.75) is 52.1 Å². The molecule has 1 aromatic heterocycles. The number of rotatable bonds is 5. The Morgan fingerprint density at radius 1 is 1.43 bits per heavy atom. The summed E-state index contributed by atoms with van der Waals surface area (Å²) < 4.78 is 0. The number of piperidine rings is 1. The molecular weight excluding hydrogens is 264 g/mol. The fraction of sp³-hybridized carbons (Fsp3) is 0.706. The lowest BCUT2D eigenvalue weighted by molar-refractivity contribution is -0.0372. The van der Waals surface area contributed by atoms with Gasteiger partial charge in [-0.1, -0.05) is 33.3 Å². The second-order valence-electron chi connectivity index (χ2n) is 6.56. The molecule has 2 rings (SSSR count). The summed E-state index contributed by atoms with van der Waals surface area (Å²) in [5, 5.41) is 20.3. The van der Waals surface area contributed by atoms with E-state index >= 15 is 0 Å². The summed E-state index contributed by atoms with van der Waals surface area (Å²) in [6.45, 7) is 7.82. The standard InChI is InChI=1S/C17H28N2O2/c1-4-8-17(12-20)9-10-19(11-15(17)21)16-7-5-6-14(18-16)13(2)3/h5-7,13,15,20-21H,4,8-12H2,1-3H3/t15-,17-/m1/s1. The Morgan fingerprint density at radius 3 is 2.76 bits per heavy atom. The highest BCUT2D eigenvalue weighted by Gasteiger charge is 2.41. The molecule has 118 valence electrons. The van der Waals surface area contributed by atoms with E-state index in [0.29, 0.717) is 12.5 Å². The average molecular weight is 292 g/mol. The van der Waals surface area contributed by atoms with Gasteiger partial charge < -0.3 is 15.1 Å². The van der Waals surface area contributed by atoms with Gasteiger partial charge in [-0.25, -0.2) is 4.98 Å². The minimum absolute atomic E-state index is 0.0648. The number of β-amino-alcohol motifs (C(OH)–C–C–N with tert-alkyl or cyclic N) is 1. The molecule has 2 heterocycles. The molecule has 4 heteroatoms. The Bertz CT molecular complexity index is 464. The Labute approximate surface area is 127 Å². The maximum absolute atomic E-state index is 10.5. The fourth-order valence-corrected chi connectivity index (χ4v) is 3.22. The molecule has 21 heavy (non-hydrogen) atoms. The van der Waals surface area contributed by atoms with Crippen molar-refractivity contribution >= 4 is 5.82 Å². The molecule has 0 amide bonds. The van der Waals surface area contributed by atoms with Crippen LogP contribution in [0.4, 0.5) is 5.82 Å². The molecule has 1 aliphatic heterocycles. The van der Waals surface area contributed by atoms with Gasteiger partial charge in [0.25, 0.3) is 0 Å². The molecule has 1 fully saturated rings. The van der Waals surface area contributed by atoms with Crippen LogP contribution >= 0.6 is 0 Å². The van der Waals surface area contributed by atoms with Crippen molar-refractivity contribution in [2.75, 3.05) is 24.6 Å². The van der Waals surface area contributed by atoms with Crippen molar-refractivity contribution in [3.05, 3.63) is 23.9 Å². The van der Waals surface area contributed by atoms with Gasteiger partial charge in [-0.15, -0.1) is 0 Å². The van der Waals surface area contributed by atoms with Crippen LogP contribution in [0.2, 0.25) is 0 Å². The van der Waals surface area contributed by atoms with E-state index in [1.807, 2.05) is 18.2 Å². The highest BCUT2D eigenvalue weighted by molar-refractivity contribution is 5.41. The summed E-state index contributed by atoms with van der Waals surface area (Å²) in [5.74, 6) is 1.33. The van der Waals surface area contributed by atoms with Crippen molar-refractivity contribution in [2.24, 2.45) is 5.41 Å². The van der Waals surface area contributed by atoms with Crippen LogP contribution in [-0.2, 0) is 0 Å². The topological polar surface area (TPSA) is 56.6 Å². The molecule has 0 aromatic carbocycles. The van der Waals surface area contributed by atoms with Gasteiger partial charge in [0.1, 0.15) is 5.82 Å². The Kier molecular flexibility index (Phi) is 5.22. The zero-order valence-electron chi connectivity index (χ0n) is 13.4. The van der Waals surface area contributed by atoms with Crippen LogP contribution in [0.5, 0.6) is 0 Å². The molecule has 0 saturated carbocycles. The Hall–Kier alpha value is -1.13. The summed E-state index contributed by atoms with van der Waals surface area (Å²) in [4.78, 5) is 6.84. The molecular formula is C17H28N2O2. The maximum Gasteiger partial charge on any atom is 0.128 e. The number of nitrogens with zero attached hydrogens (tertiary/aromatic N) is 2. The third-order valence-electron chi connectivity index (χ3n) is 4.71. The lowest BCUT2D eigenvalue weighted by Gasteiger charge is -2.45. The van der Waals surface area contributed by atoms with Gasteiger partial charge in [0.05, 0.1) is 12.7 Å². The van der Waals surface area contributed by atoms with Gasteiger partial charge in [0, 0.05) is 24.2 Å². The molecule has 0 spiro atoms. The van der Waals surface area contributed by atoms with Crippen LogP contribution in [-0.4, -0.2) is 41.0 Å². The number of hydrogen-bond donors (Lipinski definition) is 2. The summed E-state index contributed by atoms with van der Waals surface area (Å²) in [6.07, 6.45) is 2.17. The lowest BCUT2D eigenvalue weighted by atomic mass is 9.73. The van der Waals surface area contributed by atoms with Crippen molar-refractivity contribution in [1.82, 2.24) is 4.98 Å². The number of aromatic nitrogens is 1. The van der Waals surface area contributed by atoms with Crippen molar-refractivity contribution in [3.8, 4) is 0 Å². The predicted molar refractivity (Wildman–Crippen MR) is 85.6 cm³/mol. The Balaban J connectivity index is 2.13. The minimum Gasteiger partial charge on any atom is -0.396 e. The molecule has 0 bridgehead atoms. The second kappa shape index (κ2) is 6.75. The van der Waals surface area contributed by atoms with E-state index in [9.17, 15) is 10.2 Å². The van der Waals surface area contributed by atoms with Gasteiger partial charge in [-0.3, -0.25) is 0 Å². The second-order valence-corrected chi connectivity index (χ2v) is 6.56. The number of pyridine rings is 1. The van der Waals surface area contributed by atoms with Gasteiger partial charge in [0.2, 0.25) is 0 Å². The van der Waals surface area contributed by atoms with E-state index in [4.69, 9.17) is 4.98 Å². The normalized spacial score (nSPS) is 26.4. The average Bonchev–Trinajstić information content (AvgIpc) is 2.49. The summed E-state index contributed by atoms with van der Waals surface area (Å²) >= 11 is 0. The monoisotopic (exact) mass is 292 g/mol. The first-order valence-corrected chi connectivity index (χ1v) is 8.03. The molecule has 0 aliphatic carbocycles. The van der Waals surface area contributed by atoms with Gasteiger partial charge in [-0.2, -0.15) is 0 Å². The minimum atomic E-state index is -0.499. The number of aliphatic hydroxyl groups is 2. The molecule has 1 aliphatic rings.